The lowest BCUT2D eigenvalue weighted by atomic mass is 10.0. The van der Waals surface area contributed by atoms with E-state index < -0.39 is 5.60 Å². The van der Waals surface area contributed by atoms with Crippen molar-refractivity contribution in [3.8, 4) is 0 Å². The molecule has 2 unspecified atom stereocenters. The summed E-state index contributed by atoms with van der Waals surface area (Å²) in [6.07, 6.45) is 2.15. The van der Waals surface area contributed by atoms with Crippen LogP contribution in [-0.2, 0) is 19.1 Å². The summed E-state index contributed by atoms with van der Waals surface area (Å²) in [6.45, 7) is 8.57. The molecule has 8 heteroatoms. The number of ether oxygens (including phenoxy) is 1. The topological polar surface area (TPSA) is 128 Å². The van der Waals surface area contributed by atoms with E-state index in [-0.39, 0.29) is 24.5 Å². The van der Waals surface area contributed by atoms with Crippen LogP contribution in [0.2, 0.25) is 0 Å². The number of aldehydes is 1. The van der Waals surface area contributed by atoms with Crippen LogP contribution in [0.15, 0.2) is 0 Å². The molecular weight excluding hydrogens is 316 g/mol. The van der Waals surface area contributed by atoms with Crippen LogP contribution in [0.5, 0.6) is 0 Å². The standard InChI is InChI=1S/C12H26N2O2.C3H4O2.CH2O2/c1-9(2)8-10(13-5)11(15)14-7-6-12(3,4)16;4-1-3-2-5-3;2-1-3/h9-10,13,16H,6-8H2,1-5H3,(H,14,15);1,3H,2H2;1H,(H,2,3). The molecule has 24 heavy (non-hydrogen) atoms. The van der Waals surface area contributed by atoms with Gasteiger partial charge in [-0.2, -0.15) is 0 Å². The lowest BCUT2D eigenvalue weighted by molar-refractivity contribution is -0.124. The van der Waals surface area contributed by atoms with E-state index in [0.717, 1.165) is 12.7 Å². The van der Waals surface area contributed by atoms with E-state index in [1.54, 1.807) is 20.9 Å². The molecule has 1 aliphatic rings. The molecule has 1 heterocycles. The summed E-state index contributed by atoms with van der Waals surface area (Å²) in [5.74, 6) is 0.498. The molecule has 2 atom stereocenters. The first-order chi connectivity index (χ1) is 11.1. The number of carbonyl (C=O) groups excluding carboxylic acids is 2. The van der Waals surface area contributed by atoms with Crippen molar-refractivity contribution in [3.05, 3.63) is 0 Å². The monoisotopic (exact) mass is 348 g/mol. The van der Waals surface area contributed by atoms with Gasteiger partial charge in [0.15, 0.2) is 6.29 Å². The van der Waals surface area contributed by atoms with Crippen LogP contribution in [-0.4, -0.2) is 66.8 Å². The second-order valence-corrected chi connectivity index (χ2v) is 6.44. The van der Waals surface area contributed by atoms with E-state index in [1.807, 2.05) is 0 Å². The average molecular weight is 348 g/mol. The lowest BCUT2D eigenvalue weighted by Crippen LogP contribution is -2.44. The molecule has 0 spiro atoms. The normalized spacial score (nSPS) is 16.7. The summed E-state index contributed by atoms with van der Waals surface area (Å²) >= 11 is 0. The number of carbonyl (C=O) groups is 3. The van der Waals surface area contributed by atoms with Crippen LogP contribution >= 0.6 is 0 Å². The average Bonchev–Trinajstić information content (AvgIpc) is 3.28. The van der Waals surface area contributed by atoms with Crippen LogP contribution < -0.4 is 10.6 Å². The Labute approximate surface area is 144 Å². The minimum atomic E-state index is -0.722. The van der Waals surface area contributed by atoms with Gasteiger partial charge in [0, 0.05) is 6.54 Å². The summed E-state index contributed by atoms with van der Waals surface area (Å²) in [7, 11) is 1.79. The van der Waals surface area contributed by atoms with Crippen molar-refractivity contribution in [2.75, 3.05) is 20.2 Å². The Hall–Kier alpha value is -1.51. The maximum atomic E-state index is 11.7. The zero-order valence-electron chi connectivity index (χ0n) is 15.2. The van der Waals surface area contributed by atoms with Crippen molar-refractivity contribution in [2.24, 2.45) is 5.92 Å². The molecule has 142 valence electrons. The Bertz CT molecular complexity index is 351. The Morgan fingerprint density at radius 1 is 1.38 bits per heavy atom. The van der Waals surface area contributed by atoms with Gasteiger partial charge < -0.3 is 30.4 Å². The van der Waals surface area contributed by atoms with Crippen LogP contribution in [0.3, 0.4) is 0 Å². The molecule has 0 bridgehead atoms. The van der Waals surface area contributed by atoms with Gasteiger partial charge in [0.25, 0.3) is 6.47 Å². The van der Waals surface area contributed by atoms with E-state index in [2.05, 4.69) is 29.2 Å². The number of likely N-dealkylation sites (N-methyl/N-ethyl adjacent to an activating group) is 1. The SMILES string of the molecule is CNC(CC(C)C)C(=O)NCCC(C)(C)O.O=CC1CO1.O=CO. The van der Waals surface area contributed by atoms with Gasteiger partial charge in [-0.15, -0.1) is 0 Å². The summed E-state index contributed by atoms with van der Waals surface area (Å²) in [6, 6.07) is -0.137. The third-order valence-electron chi connectivity index (χ3n) is 2.92. The number of carboxylic acid groups (broad SMARTS) is 1. The predicted octanol–water partition coefficient (Wildman–Crippen LogP) is 0.183. The fourth-order valence-electron chi connectivity index (χ4n) is 1.58. The minimum Gasteiger partial charge on any atom is -0.483 e. The highest BCUT2D eigenvalue weighted by molar-refractivity contribution is 5.81. The van der Waals surface area contributed by atoms with Gasteiger partial charge in [0.2, 0.25) is 5.91 Å². The number of rotatable bonds is 8. The van der Waals surface area contributed by atoms with Gasteiger partial charge in [-0.3, -0.25) is 9.59 Å². The molecule has 0 radical (unpaired) electrons. The number of hydrogen-bond acceptors (Lipinski definition) is 6. The highest BCUT2D eigenvalue weighted by atomic mass is 16.6. The molecule has 8 nitrogen and oxygen atoms in total. The quantitative estimate of drug-likeness (QED) is 0.364. The van der Waals surface area contributed by atoms with Crippen molar-refractivity contribution >= 4 is 18.7 Å². The van der Waals surface area contributed by atoms with E-state index in [0.29, 0.717) is 25.5 Å². The van der Waals surface area contributed by atoms with Crippen LogP contribution in [0.1, 0.15) is 40.5 Å². The van der Waals surface area contributed by atoms with Crippen molar-refractivity contribution < 1.29 is 29.3 Å². The Kier molecular flexibility index (Phi) is 14.3. The van der Waals surface area contributed by atoms with E-state index in [9.17, 15) is 14.7 Å². The Morgan fingerprint density at radius 3 is 2.12 bits per heavy atom. The second kappa shape index (κ2) is 13.9. The number of hydrogen-bond donors (Lipinski definition) is 4. The van der Waals surface area contributed by atoms with Crippen LogP contribution in [0.4, 0.5) is 0 Å². The molecule has 1 aliphatic heterocycles. The van der Waals surface area contributed by atoms with Gasteiger partial charge in [-0.1, -0.05) is 13.8 Å². The molecule has 0 aromatic carbocycles. The fourth-order valence-corrected chi connectivity index (χ4v) is 1.58. The first kappa shape index (κ1) is 24.7. The van der Waals surface area contributed by atoms with E-state index >= 15 is 0 Å². The lowest BCUT2D eigenvalue weighted by Gasteiger charge is -2.20. The summed E-state index contributed by atoms with van der Waals surface area (Å²) in [4.78, 5) is 29.5. The highest BCUT2D eigenvalue weighted by Crippen LogP contribution is 2.07. The van der Waals surface area contributed by atoms with Crippen molar-refractivity contribution in [3.63, 3.8) is 0 Å². The molecule has 0 aliphatic carbocycles. The molecule has 1 amide bonds. The van der Waals surface area contributed by atoms with E-state index in [1.165, 1.54) is 0 Å². The van der Waals surface area contributed by atoms with Crippen molar-refractivity contribution in [2.45, 2.75) is 58.3 Å². The Morgan fingerprint density at radius 2 is 1.88 bits per heavy atom. The van der Waals surface area contributed by atoms with Crippen LogP contribution in [0.25, 0.3) is 0 Å². The van der Waals surface area contributed by atoms with Gasteiger partial charge in [0.1, 0.15) is 6.10 Å². The highest BCUT2D eigenvalue weighted by Gasteiger charge is 2.20. The molecule has 1 rings (SSSR count). The largest absolute Gasteiger partial charge is 0.483 e. The third-order valence-corrected chi connectivity index (χ3v) is 2.92. The zero-order valence-corrected chi connectivity index (χ0v) is 15.2. The van der Waals surface area contributed by atoms with Gasteiger partial charge >= 0.3 is 0 Å². The van der Waals surface area contributed by atoms with Crippen molar-refractivity contribution in [1.82, 2.24) is 10.6 Å². The maximum Gasteiger partial charge on any atom is 0.290 e. The summed E-state index contributed by atoms with van der Waals surface area (Å²) < 4.78 is 4.49. The summed E-state index contributed by atoms with van der Waals surface area (Å²) in [5, 5.41) is 22.2. The maximum absolute atomic E-state index is 11.7. The molecule has 0 aromatic rings. The fraction of sp³-hybridized carbons (Fsp3) is 0.812. The predicted molar refractivity (Wildman–Crippen MR) is 90.7 cm³/mol. The zero-order chi connectivity index (χ0) is 19.2. The summed E-state index contributed by atoms with van der Waals surface area (Å²) in [5.41, 5.74) is -0.722. The number of nitrogens with one attached hydrogen (secondary N) is 2. The molecular formula is C16H32N2O6. The number of epoxide rings is 1. The molecule has 4 N–H and O–H groups in total. The third kappa shape index (κ3) is 18.5. The number of aliphatic hydroxyl groups is 1. The number of amides is 1. The van der Waals surface area contributed by atoms with Crippen molar-refractivity contribution in [1.29, 1.82) is 0 Å². The van der Waals surface area contributed by atoms with Gasteiger partial charge in [0.05, 0.1) is 18.2 Å². The minimum absolute atomic E-state index is 0.0143. The van der Waals surface area contributed by atoms with Gasteiger partial charge in [-0.25, -0.2) is 0 Å². The molecule has 1 saturated heterocycles. The van der Waals surface area contributed by atoms with E-state index in [4.69, 9.17) is 9.90 Å². The Balaban J connectivity index is 0. The molecule has 0 saturated carbocycles. The van der Waals surface area contributed by atoms with Gasteiger partial charge in [-0.05, 0) is 39.7 Å². The first-order valence-corrected chi connectivity index (χ1v) is 7.93. The smallest absolute Gasteiger partial charge is 0.290 e. The second-order valence-electron chi connectivity index (χ2n) is 6.44. The molecule has 1 fully saturated rings. The first-order valence-electron chi connectivity index (χ1n) is 7.93. The van der Waals surface area contributed by atoms with Crippen LogP contribution in [0, 0.1) is 5.92 Å². The molecule has 0 aromatic heterocycles.